The normalized spacial score (nSPS) is 11.2. The van der Waals surface area contributed by atoms with Crippen molar-refractivity contribution in [3.63, 3.8) is 0 Å². The molecule has 0 fully saturated rings. The van der Waals surface area contributed by atoms with Gasteiger partial charge in [0.1, 0.15) is 17.0 Å². The summed E-state index contributed by atoms with van der Waals surface area (Å²) >= 11 is 0. The summed E-state index contributed by atoms with van der Waals surface area (Å²) in [5.74, 6) is -0.813. The Hall–Kier alpha value is -4.71. The van der Waals surface area contributed by atoms with Crippen LogP contribution in [0.1, 0.15) is 17.4 Å². The first-order valence-electron chi connectivity index (χ1n) is 10.5. The van der Waals surface area contributed by atoms with Crippen LogP contribution < -0.4 is 14.8 Å². The third kappa shape index (κ3) is 4.88. The van der Waals surface area contributed by atoms with Crippen LogP contribution in [0.4, 0.5) is 11.4 Å². The first kappa shape index (κ1) is 24.4. The number of nitrogens with zero attached hydrogens (tertiary/aromatic N) is 1. The second-order valence-electron chi connectivity index (χ2n) is 7.73. The summed E-state index contributed by atoms with van der Waals surface area (Å²) in [4.78, 5) is 37.8. The molecular weight excluding hydrogens is 488 g/mol. The average Bonchev–Trinajstić information content (AvgIpc) is 3.28. The molecule has 0 spiro atoms. The molecule has 0 radical (unpaired) electrons. The minimum Gasteiger partial charge on any atom is -0.497 e. The number of aromatic nitrogens is 1. The van der Waals surface area contributed by atoms with E-state index in [0.717, 1.165) is 0 Å². The van der Waals surface area contributed by atoms with Crippen LogP contribution in [-0.2, 0) is 14.8 Å². The summed E-state index contributed by atoms with van der Waals surface area (Å²) < 4.78 is 32.4. The molecule has 1 heterocycles. The van der Waals surface area contributed by atoms with Crippen LogP contribution >= 0.6 is 0 Å². The number of nitro groups is 1. The van der Waals surface area contributed by atoms with E-state index in [-0.39, 0.29) is 27.7 Å². The van der Waals surface area contributed by atoms with E-state index in [1.165, 1.54) is 56.5 Å². The van der Waals surface area contributed by atoms with Gasteiger partial charge in [0, 0.05) is 24.1 Å². The van der Waals surface area contributed by atoms with E-state index in [1.54, 1.807) is 24.3 Å². The molecule has 3 N–H and O–H groups in total. The fourth-order valence-corrected chi connectivity index (χ4v) is 4.66. The summed E-state index contributed by atoms with van der Waals surface area (Å²) in [6.45, 7) is 1.37. The second kappa shape index (κ2) is 9.50. The maximum Gasteiger partial charge on any atom is 0.293 e. The summed E-state index contributed by atoms with van der Waals surface area (Å²) in [5.41, 5.74) is 1.26. The van der Waals surface area contributed by atoms with Crippen molar-refractivity contribution in [2.45, 2.75) is 11.8 Å². The Kier molecular flexibility index (Phi) is 6.45. The van der Waals surface area contributed by atoms with E-state index in [4.69, 9.17) is 4.74 Å². The van der Waals surface area contributed by atoms with E-state index in [2.05, 4.69) is 10.3 Å². The van der Waals surface area contributed by atoms with Gasteiger partial charge in [0.05, 0.1) is 16.9 Å². The maximum atomic E-state index is 12.9. The quantitative estimate of drug-likeness (QED) is 0.252. The van der Waals surface area contributed by atoms with Crippen LogP contribution in [-0.4, -0.2) is 37.2 Å². The van der Waals surface area contributed by atoms with Crippen LogP contribution in [0.5, 0.6) is 5.75 Å². The molecule has 0 aliphatic heterocycles. The molecule has 0 aliphatic carbocycles. The first-order valence-corrected chi connectivity index (χ1v) is 12.0. The highest BCUT2D eigenvalue weighted by Crippen LogP contribution is 2.35. The van der Waals surface area contributed by atoms with Gasteiger partial charge in [0.2, 0.25) is 5.91 Å². The van der Waals surface area contributed by atoms with Crippen molar-refractivity contribution in [2.75, 3.05) is 12.4 Å². The lowest BCUT2D eigenvalue weighted by Crippen LogP contribution is -2.30. The second-order valence-corrected chi connectivity index (χ2v) is 9.42. The van der Waals surface area contributed by atoms with Gasteiger partial charge in [-0.05, 0) is 59.7 Å². The minimum atomic E-state index is -4.23. The van der Waals surface area contributed by atoms with Gasteiger partial charge in [0.15, 0.2) is 0 Å². The van der Waals surface area contributed by atoms with Gasteiger partial charge in [-0.2, -0.15) is 0 Å². The van der Waals surface area contributed by atoms with Crippen LogP contribution in [0.25, 0.3) is 22.0 Å². The zero-order valence-electron chi connectivity index (χ0n) is 19.1. The molecule has 0 atom stereocenters. The Morgan fingerprint density at radius 1 is 1.03 bits per heavy atom. The van der Waals surface area contributed by atoms with Gasteiger partial charge >= 0.3 is 0 Å². The molecule has 0 bridgehead atoms. The zero-order valence-corrected chi connectivity index (χ0v) is 19.9. The number of ether oxygens (including phenoxy) is 1. The predicted molar refractivity (Wildman–Crippen MR) is 132 cm³/mol. The van der Waals surface area contributed by atoms with E-state index in [0.29, 0.717) is 28.0 Å². The van der Waals surface area contributed by atoms with Crippen molar-refractivity contribution in [1.82, 2.24) is 9.71 Å². The Morgan fingerprint density at radius 3 is 2.39 bits per heavy atom. The Morgan fingerprint density at radius 2 is 1.75 bits per heavy atom. The van der Waals surface area contributed by atoms with Crippen molar-refractivity contribution in [3.8, 4) is 16.9 Å². The van der Waals surface area contributed by atoms with Crippen LogP contribution in [0.3, 0.4) is 0 Å². The summed E-state index contributed by atoms with van der Waals surface area (Å²) in [6.07, 6.45) is 0. The number of anilines is 1. The third-order valence-electron chi connectivity index (χ3n) is 5.30. The van der Waals surface area contributed by atoms with Gasteiger partial charge in [0.25, 0.3) is 21.6 Å². The molecule has 184 valence electrons. The van der Waals surface area contributed by atoms with Crippen molar-refractivity contribution in [2.24, 2.45) is 0 Å². The van der Waals surface area contributed by atoms with Crippen molar-refractivity contribution >= 4 is 44.1 Å². The van der Waals surface area contributed by atoms with Crippen molar-refractivity contribution in [1.29, 1.82) is 0 Å². The van der Waals surface area contributed by atoms with E-state index >= 15 is 0 Å². The topological polar surface area (TPSA) is 160 Å². The van der Waals surface area contributed by atoms with Gasteiger partial charge in [-0.15, -0.1) is 0 Å². The number of rotatable bonds is 7. The number of methoxy groups -OCH3 is 1. The number of carbonyl (C=O) groups excluding carboxylic acids is 2. The first-order chi connectivity index (χ1) is 17.1. The number of non-ortho nitro benzene ring substituents is 1. The molecule has 0 unspecified atom stereocenters. The predicted octanol–water partition coefficient (Wildman–Crippen LogP) is 3.83. The molecular formula is C24H20N4O7S. The molecule has 2 amide bonds. The zero-order chi connectivity index (χ0) is 26.0. The summed E-state index contributed by atoms with van der Waals surface area (Å²) in [7, 11) is -2.79. The summed E-state index contributed by atoms with van der Waals surface area (Å²) in [6, 6.07) is 16.4. The van der Waals surface area contributed by atoms with Crippen LogP contribution in [0.2, 0.25) is 0 Å². The maximum absolute atomic E-state index is 12.9. The number of hydrogen-bond acceptors (Lipinski definition) is 7. The fourth-order valence-electron chi connectivity index (χ4n) is 3.69. The number of amides is 2. The molecule has 0 aliphatic rings. The molecule has 0 saturated carbocycles. The lowest BCUT2D eigenvalue weighted by Gasteiger charge is -2.07. The van der Waals surface area contributed by atoms with Crippen molar-refractivity contribution in [3.05, 3.63) is 82.5 Å². The standard InChI is InChI=1S/C24H20N4O7S/c1-14(29)25-16-5-3-4-15(12-16)19-10-11-22(28(31)32)23-20(19)13-21(26-23)24(30)27-36(33,34)18-8-6-17(35-2)7-9-18/h3-13,26H,1-2H3,(H,25,29)(H,27,30). The van der Waals surface area contributed by atoms with Gasteiger partial charge in [-0.1, -0.05) is 12.1 Å². The van der Waals surface area contributed by atoms with Gasteiger partial charge in [-0.25, -0.2) is 13.1 Å². The Balaban J connectivity index is 1.75. The average molecular weight is 509 g/mol. The molecule has 1 aromatic heterocycles. The van der Waals surface area contributed by atoms with E-state index < -0.39 is 20.9 Å². The van der Waals surface area contributed by atoms with E-state index in [1.807, 2.05) is 4.72 Å². The molecule has 3 aromatic carbocycles. The monoisotopic (exact) mass is 508 g/mol. The number of carbonyl (C=O) groups is 2. The molecule has 0 saturated heterocycles. The van der Waals surface area contributed by atoms with Crippen LogP contribution in [0, 0.1) is 10.1 Å². The molecule has 36 heavy (non-hydrogen) atoms. The highest BCUT2D eigenvalue weighted by atomic mass is 32.2. The van der Waals surface area contributed by atoms with Gasteiger partial charge in [-0.3, -0.25) is 19.7 Å². The number of fused-ring (bicyclic) bond motifs is 1. The molecule has 4 rings (SSSR count). The lowest BCUT2D eigenvalue weighted by atomic mass is 10.0. The number of sulfonamides is 1. The van der Waals surface area contributed by atoms with E-state index in [9.17, 15) is 28.1 Å². The number of nitrogens with one attached hydrogen (secondary N) is 3. The molecule has 4 aromatic rings. The lowest BCUT2D eigenvalue weighted by molar-refractivity contribution is -0.383. The SMILES string of the molecule is COc1ccc(S(=O)(=O)NC(=O)c2cc3c(-c4cccc(NC(C)=O)c4)ccc([N+](=O)[O-])c3[nH]2)cc1. The third-order valence-corrected chi connectivity index (χ3v) is 6.65. The number of hydrogen-bond donors (Lipinski definition) is 3. The highest BCUT2D eigenvalue weighted by Gasteiger charge is 2.24. The van der Waals surface area contributed by atoms with Gasteiger partial charge < -0.3 is 15.0 Å². The largest absolute Gasteiger partial charge is 0.497 e. The number of H-pyrrole nitrogens is 1. The minimum absolute atomic E-state index is 0.0504. The summed E-state index contributed by atoms with van der Waals surface area (Å²) in [5, 5.41) is 14.6. The highest BCUT2D eigenvalue weighted by molar-refractivity contribution is 7.90. The van der Waals surface area contributed by atoms with Crippen LogP contribution in [0.15, 0.2) is 71.6 Å². The molecule has 11 nitrogen and oxygen atoms in total. The number of nitro benzene ring substituents is 1. The number of aromatic amines is 1. The number of benzene rings is 3. The fraction of sp³-hybridized carbons (Fsp3) is 0.0833. The Labute approximate surface area is 205 Å². The smallest absolute Gasteiger partial charge is 0.293 e. The van der Waals surface area contributed by atoms with Crippen molar-refractivity contribution < 1.29 is 27.7 Å². The molecule has 12 heteroatoms. The Bertz CT molecular complexity index is 1610.